The van der Waals surface area contributed by atoms with Crippen molar-refractivity contribution in [3.05, 3.63) is 46.4 Å². The summed E-state index contributed by atoms with van der Waals surface area (Å²) in [7, 11) is 0. The number of amides is 1. The van der Waals surface area contributed by atoms with Gasteiger partial charge in [-0.05, 0) is 19.1 Å². The SMILES string of the molecule is Cc1ncc(CNC(=O)[C@@H]2CC(C(=O)O)=NN2c2ccccc2)s1. The molecule has 2 aromatic rings. The van der Waals surface area contributed by atoms with Crippen LogP contribution in [0.15, 0.2) is 41.6 Å². The Labute approximate surface area is 142 Å². The molecule has 1 aromatic heterocycles. The van der Waals surface area contributed by atoms with Crippen LogP contribution in [-0.2, 0) is 16.1 Å². The summed E-state index contributed by atoms with van der Waals surface area (Å²) in [5.41, 5.74) is 0.662. The molecule has 2 heterocycles. The number of aryl methyl sites for hydroxylation is 1. The van der Waals surface area contributed by atoms with E-state index in [1.54, 1.807) is 18.3 Å². The van der Waals surface area contributed by atoms with Crippen LogP contribution in [0.25, 0.3) is 0 Å². The molecule has 0 unspecified atom stereocenters. The molecule has 0 aliphatic carbocycles. The number of carboxylic acid groups (broad SMARTS) is 1. The van der Waals surface area contributed by atoms with Crippen molar-refractivity contribution in [1.29, 1.82) is 0 Å². The zero-order valence-electron chi connectivity index (χ0n) is 13.0. The van der Waals surface area contributed by atoms with Crippen LogP contribution in [0, 0.1) is 6.92 Å². The lowest BCUT2D eigenvalue weighted by Gasteiger charge is -2.22. The third-order valence-corrected chi connectivity index (χ3v) is 4.50. The second-order valence-electron chi connectivity index (χ2n) is 5.32. The monoisotopic (exact) mass is 344 g/mol. The molecule has 24 heavy (non-hydrogen) atoms. The second kappa shape index (κ2) is 6.79. The summed E-state index contributed by atoms with van der Waals surface area (Å²) in [6.07, 6.45) is 1.79. The number of nitrogens with zero attached hydrogens (tertiary/aromatic N) is 3. The van der Waals surface area contributed by atoms with Crippen molar-refractivity contribution < 1.29 is 14.7 Å². The van der Waals surface area contributed by atoms with Gasteiger partial charge in [-0.3, -0.25) is 9.80 Å². The van der Waals surface area contributed by atoms with E-state index in [1.165, 1.54) is 16.3 Å². The number of hydrogen-bond acceptors (Lipinski definition) is 6. The van der Waals surface area contributed by atoms with Crippen LogP contribution < -0.4 is 10.3 Å². The number of rotatable bonds is 5. The third-order valence-electron chi connectivity index (χ3n) is 3.59. The van der Waals surface area contributed by atoms with Crippen molar-refractivity contribution >= 4 is 34.6 Å². The van der Waals surface area contributed by atoms with E-state index in [0.29, 0.717) is 12.2 Å². The number of nitrogens with one attached hydrogen (secondary N) is 1. The average molecular weight is 344 g/mol. The van der Waals surface area contributed by atoms with Crippen LogP contribution in [0.1, 0.15) is 16.3 Å². The molecule has 8 heteroatoms. The van der Waals surface area contributed by atoms with Gasteiger partial charge in [0.15, 0.2) is 0 Å². The number of hydrogen-bond donors (Lipinski definition) is 2. The van der Waals surface area contributed by atoms with Crippen LogP contribution in [0.5, 0.6) is 0 Å². The molecule has 1 aliphatic rings. The lowest BCUT2D eigenvalue weighted by molar-refractivity contribution is -0.129. The van der Waals surface area contributed by atoms with Gasteiger partial charge in [0.25, 0.3) is 0 Å². The van der Waals surface area contributed by atoms with E-state index in [-0.39, 0.29) is 18.0 Å². The molecule has 1 amide bonds. The van der Waals surface area contributed by atoms with Crippen molar-refractivity contribution in [3.8, 4) is 0 Å². The van der Waals surface area contributed by atoms with Gasteiger partial charge in [-0.15, -0.1) is 11.3 Å². The Hall–Kier alpha value is -2.74. The third kappa shape index (κ3) is 3.43. The molecular weight excluding hydrogens is 328 g/mol. The number of carbonyl (C=O) groups excluding carboxylic acids is 1. The van der Waals surface area contributed by atoms with Crippen molar-refractivity contribution in [2.75, 3.05) is 5.01 Å². The fourth-order valence-corrected chi connectivity index (χ4v) is 3.18. The largest absolute Gasteiger partial charge is 0.477 e. The van der Waals surface area contributed by atoms with Crippen LogP contribution in [0.3, 0.4) is 0 Å². The Morgan fingerprint density at radius 1 is 1.38 bits per heavy atom. The Kier molecular flexibility index (Phi) is 4.57. The Bertz CT molecular complexity index is 788. The standard InChI is InChI=1S/C16H16N4O3S/c1-10-17-8-12(24-10)9-18-15(21)14-7-13(16(22)23)19-20(14)11-5-3-2-4-6-11/h2-6,8,14H,7,9H2,1H3,(H,18,21)(H,22,23)/t14-/m0/s1. The van der Waals surface area contributed by atoms with Gasteiger partial charge in [-0.2, -0.15) is 5.10 Å². The summed E-state index contributed by atoms with van der Waals surface area (Å²) < 4.78 is 0. The molecule has 1 atom stereocenters. The van der Waals surface area contributed by atoms with E-state index in [1.807, 2.05) is 25.1 Å². The van der Waals surface area contributed by atoms with Crippen LogP contribution >= 0.6 is 11.3 Å². The zero-order chi connectivity index (χ0) is 17.1. The number of para-hydroxylation sites is 1. The molecule has 3 rings (SSSR count). The molecule has 0 saturated carbocycles. The smallest absolute Gasteiger partial charge is 0.352 e. The number of anilines is 1. The Balaban J connectivity index is 1.75. The number of hydrazone groups is 1. The van der Waals surface area contributed by atoms with Gasteiger partial charge in [0.05, 0.1) is 17.2 Å². The molecule has 124 valence electrons. The molecule has 0 bridgehead atoms. The summed E-state index contributed by atoms with van der Waals surface area (Å²) in [5.74, 6) is -1.37. The molecule has 7 nitrogen and oxygen atoms in total. The molecule has 1 aliphatic heterocycles. The molecule has 0 saturated heterocycles. The maximum absolute atomic E-state index is 12.5. The highest BCUT2D eigenvalue weighted by Crippen LogP contribution is 2.24. The van der Waals surface area contributed by atoms with Gasteiger partial charge < -0.3 is 10.4 Å². The van der Waals surface area contributed by atoms with Crippen molar-refractivity contribution in [3.63, 3.8) is 0 Å². The number of aromatic nitrogens is 1. The molecule has 0 fully saturated rings. The first-order valence-electron chi connectivity index (χ1n) is 7.38. The number of carboxylic acids is 1. The zero-order valence-corrected chi connectivity index (χ0v) is 13.8. The van der Waals surface area contributed by atoms with Gasteiger partial charge in [-0.25, -0.2) is 9.78 Å². The van der Waals surface area contributed by atoms with Crippen molar-refractivity contribution in [1.82, 2.24) is 10.3 Å². The quantitative estimate of drug-likeness (QED) is 0.862. The van der Waals surface area contributed by atoms with Crippen molar-refractivity contribution in [2.24, 2.45) is 5.10 Å². The highest BCUT2D eigenvalue weighted by atomic mass is 32.1. The van der Waals surface area contributed by atoms with E-state index in [4.69, 9.17) is 0 Å². The molecule has 2 N–H and O–H groups in total. The highest BCUT2D eigenvalue weighted by Gasteiger charge is 2.36. The number of aliphatic carboxylic acids is 1. The summed E-state index contributed by atoms with van der Waals surface area (Å²) >= 11 is 1.51. The summed E-state index contributed by atoms with van der Waals surface area (Å²) in [5, 5.41) is 18.5. The topological polar surface area (TPSA) is 94.9 Å². The maximum Gasteiger partial charge on any atom is 0.352 e. The Morgan fingerprint density at radius 2 is 2.12 bits per heavy atom. The van der Waals surface area contributed by atoms with Crippen LogP contribution in [0.4, 0.5) is 5.69 Å². The fraction of sp³-hybridized carbons (Fsp3) is 0.250. The Morgan fingerprint density at radius 3 is 2.75 bits per heavy atom. The fourth-order valence-electron chi connectivity index (χ4n) is 2.44. The first kappa shape index (κ1) is 16.1. The van der Waals surface area contributed by atoms with E-state index < -0.39 is 12.0 Å². The minimum Gasteiger partial charge on any atom is -0.477 e. The van der Waals surface area contributed by atoms with Gasteiger partial charge in [-0.1, -0.05) is 18.2 Å². The molecule has 0 radical (unpaired) electrons. The number of benzene rings is 1. The summed E-state index contributed by atoms with van der Waals surface area (Å²) in [4.78, 5) is 28.9. The molecule has 0 spiro atoms. The minimum atomic E-state index is -1.11. The normalized spacial score (nSPS) is 16.8. The highest BCUT2D eigenvalue weighted by molar-refractivity contribution is 7.11. The van der Waals surface area contributed by atoms with Gasteiger partial charge >= 0.3 is 5.97 Å². The van der Waals surface area contributed by atoms with Crippen LogP contribution in [0.2, 0.25) is 0 Å². The van der Waals surface area contributed by atoms with E-state index >= 15 is 0 Å². The first-order chi connectivity index (χ1) is 11.5. The summed E-state index contributed by atoms with van der Waals surface area (Å²) in [6, 6.07) is 8.40. The van der Waals surface area contributed by atoms with Crippen molar-refractivity contribution in [2.45, 2.75) is 25.9 Å². The predicted octanol–water partition coefficient (Wildman–Crippen LogP) is 1.79. The van der Waals surface area contributed by atoms with E-state index in [9.17, 15) is 14.7 Å². The predicted molar refractivity (Wildman–Crippen MR) is 91.1 cm³/mol. The lowest BCUT2D eigenvalue weighted by Crippen LogP contribution is -2.42. The average Bonchev–Trinajstić information content (AvgIpc) is 3.20. The lowest BCUT2D eigenvalue weighted by atomic mass is 10.1. The van der Waals surface area contributed by atoms with E-state index in [0.717, 1.165) is 9.88 Å². The molecule has 1 aromatic carbocycles. The second-order valence-corrected chi connectivity index (χ2v) is 6.63. The van der Waals surface area contributed by atoms with Crippen LogP contribution in [-0.4, -0.2) is 33.7 Å². The van der Waals surface area contributed by atoms with E-state index in [2.05, 4.69) is 15.4 Å². The first-order valence-corrected chi connectivity index (χ1v) is 8.20. The van der Waals surface area contributed by atoms with Gasteiger partial charge in [0.2, 0.25) is 5.91 Å². The number of thiazole rings is 1. The number of carbonyl (C=O) groups is 2. The summed E-state index contributed by atoms with van der Waals surface area (Å²) in [6.45, 7) is 2.27. The van der Waals surface area contributed by atoms with Gasteiger partial charge in [0.1, 0.15) is 11.8 Å². The molecular formula is C16H16N4O3S. The van der Waals surface area contributed by atoms with Gasteiger partial charge in [0, 0.05) is 17.5 Å². The minimum absolute atomic E-state index is 0.0207. The maximum atomic E-state index is 12.5.